The standard InChI is InChI=1S/C6H14O3/c1-2-9-6(5-8)3-4-7/h6-8H,2-5H2,1H3. The normalized spacial score (nSPS) is 13.7. The summed E-state index contributed by atoms with van der Waals surface area (Å²) in [6.07, 6.45) is 0.338. The van der Waals surface area contributed by atoms with E-state index in [1.165, 1.54) is 0 Å². The Kier molecular flexibility index (Phi) is 5.93. The van der Waals surface area contributed by atoms with Crippen LogP contribution in [0.15, 0.2) is 0 Å². The van der Waals surface area contributed by atoms with E-state index in [0.29, 0.717) is 13.0 Å². The van der Waals surface area contributed by atoms with Crippen molar-refractivity contribution in [3.05, 3.63) is 0 Å². The van der Waals surface area contributed by atoms with E-state index < -0.39 is 0 Å². The smallest absolute Gasteiger partial charge is 0.0827 e. The van der Waals surface area contributed by atoms with E-state index in [1.807, 2.05) is 6.92 Å². The van der Waals surface area contributed by atoms with E-state index in [-0.39, 0.29) is 19.3 Å². The zero-order chi connectivity index (χ0) is 7.11. The van der Waals surface area contributed by atoms with Crippen LogP contribution in [0.3, 0.4) is 0 Å². The predicted octanol–water partition coefficient (Wildman–Crippen LogP) is -0.234. The van der Waals surface area contributed by atoms with Crippen molar-refractivity contribution in [3.8, 4) is 0 Å². The molecule has 9 heavy (non-hydrogen) atoms. The van der Waals surface area contributed by atoms with Crippen LogP contribution in [-0.4, -0.2) is 36.1 Å². The molecule has 1 atom stereocenters. The summed E-state index contributed by atoms with van der Waals surface area (Å²) in [5.41, 5.74) is 0. The van der Waals surface area contributed by atoms with Gasteiger partial charge in [0.05, 0.1) is 12.7 Å². The highest BCUT2D eigenvalue weighted by atomic mass is 16.5. The second kappa shape index (κ2) is 6.01. The molecule has 0 aromatic rings. The van der Waals surface area contributed by atoms with Gasteiger partial charge in [0.1, 0.15) is 0 Å². The van der Waals surface area contributed by atoms with Crippen molar-refractivity contribution in [2.24, 2.45) is 0 Å². The van der Waals surface area contributed by atoms with Crippen molar-refractivity contribution in [1.82, 2.24) is 0 Å². The Hall–Kier alpha value is -0.120. The summed E-state index contributed by atoms with van der Waals surface area (Å²) in [7, 11) is 0. The van der Waals surface area contributed by atoms with E-state index in [0.717, 1.165) is 0 Å². The van der Waals surface area contributed by atoms with Crippen molar-refractivity contribution in [2.75, 3.05) is 19.8 Å². The third-order valence-corrected chi connectivity index (χ3v) is 1.06. The molecule has 1 unspecified atom stereocenters. The molecule has 2 N–H and O–H groups in total. The second-order valence-corrected chi connectivity index (χ2v) is 1.77. The molecule has 3 nitrogen and oxygen atoms in total. The fourth-order valence-corrected chi connectivity index (χ4v) is 0.607. The van der Waals surface area contributed by atoms with Crippen molar-refractivity contribution < 1.29 is 14.9 Å². The third kappa shape index (κ3) is 4.39. The van der Waals surface area contributed by atoms with Gasteiger partial charge >= 0.3 is 0 Å². The van der Waals surface area contributed by atoms with Gasteiger partial charge in [-0.2, -0.15) is 0 Å². The molecule has 0 heterocycles. The Morgan fingerprint density at radius 2 is 2.11 bits per heavy atom. The molecule has 56 valence electrons. The van der Waals surface area contributed by atoms with Crippen molar-refractivity contribution in [2.45, 2.75) is 19.4 Å². The molecule has 0 radical (unpaired) electrons. The van der Waals surface area contributed by atoms with Gasteiger partial charge in [-0.05, 0) is 13.3 Å². The topological polar surface area (TPSA) is 49.7 Å². The Balaban J connectivity index is 3.18. The number of rotatable bonds is 5. The second-order valence-electron chi connectivity index (χ2n) is 1.77. The van der Waals surface area contributed by atoms with E-state index in [9.17, 15) is 0 Å². The van der Waals surface area contributed by atoms with Gasteiger partial charge in [0.15, 0.2) is 0 Å². The van der Waals surface area contributed by atoms with Crippen LogP contribution < -0.4 is 0 Å². The number of hydrogen-bond acceptors (Lipinski definition) is 3. The van der Waals surface area contributed by atoms with E-state index in [4.69, 9.17) is 14.9 Å². The summed E-state index contributed by atoms with van der Waals surface area (Å²) >= 11 is 0. The average Bonchev–Trinajstić information content (AvgIpc) is 1.88. The van der Waals surface area contributed by atoms with E-state index in [1.54, 1.807) is 0 Å². The van der Waals surface area contributed by atoms with Crippen LogP contribution in [0.2, 0.25) is 0 Å². The molecule has 0 amide bonds. The lowest BCUT2D eigenvalue weighted by Gasteiger charge is -2.11. The summed E-state index contributed by atoms with van der Waals surface area (Å²) in [4.78, 5) is 0. The quantitative estimate of drug-likeness (QED) is 0.546. The Labute approximate surface area is 55.3 Å². The number of hydrogen-bond donors (Lipinski definition) is 2. The fourth-order valence-electron chi connectivity index (χ4n) is 0.607. The van der Waals surface area contributed by atoms with Crippen LogP contribution in [0.5, 0.6) is 0 Å². The first-order chi connectivity index (χ1) is 4.35. The minimum atomic E-state index is -0.181. The summed E-state index contributed by atoms with van der Waals surface area (Å²) in [6.45, 7) is 2.52. The molecule has 0 aliphatic carbocycles. The number of aliphatic hydroxyl groups is 2. The first-order valence-corrected chi connectivity index (χ1v) is 3.18. The van der Waals surface area contributed by atoms with E-state index >= 15 is 0 Å². The zero-order valence-electron chi connectivity index (χ0n) is 5.71. The molecule has 3 heteroatoms. The van der Waals surface area contributed by atoms with Crippen molar-refractivity contribution >= 4 is 0 Å². The SMILES string of the molecule is CCOC(CO)CCO. The zero-order valence-corrected chi connectivity index (χ0v) is 5.71. The molecular formula is C6H14O3. The van der Waals surface area contributed by atoms with Gasteiger partial charge < -0.3 is 14.9 Å². The first kappa shape index (κ1) is 8.88. The van der Waals surface area contributed by atoms with Crippen LogP contribution in [0.25, 0.3) is 0 Å². The minimum absolute atomic E-state index is 0.00556. The highest BCUT2D eigenvalue weighted by Gasteiger charge is 2.03. The first-order valence-electron chi connectivity index (χ1n) is 3.18. The Bertz CT molecular complexity index is 50.3. The fraction of sp³-hybridized carbons (Fsp3) is 1.00. The molecule has 0 saturated carbocycles. The molecular weight excluding hydrogens is 120 g/mol. The summed E-state index contributed by atoms with van der Waals surface area (Å²) < 4.78 is 5.02. The number of ether oxygens (including phenoxy) is 1. The third-order valence-electron chi connectivity index (χ3n) is 1.06. The number of aliphatic hydroxyl groups excluding tert-OH is 2. The van der Waals surface area contributed by atoms with Gasteiger partial charge in [0.25, 0.3) is 0 Å². The lowest BCUT2D eigenvalue weighted by molar-refractivity contribution is 0.00570. The maximum Gasteiger partial charge on any atom is 0.0827 e. The molecule has 0 aromatic heterocycles. The van der Waals surface area contributed by atoms with Gasteiger partial charge in [0, 0.05) is 13.2 Å². The molecule has 0 bridgehead atoms. The Morgan fingerprint density at radius 1 is 1.44 bits per heavy atom. The molecule has 0 aliphatic heterocycles. The highest BCUT2D eigenvalue weighted by molar-refractivity contribution is 4.52. The van der Waals surface area contributed by atoms with Crippen LogP contribution >= 0.6 is 0 Å². The lowest BCUT2D eigenvalue weighted by atomic mass is 10.3. The average molecular weight is 134 g/mol. The van der Waals surface area contributed by atoms with Crippen molar-refractivity contribution in [1.29, 1.82) is 0 Å². The van der Waals surface area contributed by atoms with Gasteiger partial charge in [0.2, 0.25) is 0 Å². The van der Waals surface area contributed by atoms with E-state index in [2.05, 4.69) is 0 Å². The largest absolute Gasteiger partial charge is 0.396 e. The Morgan fingerprint density at radius 3 is 2.44 bits per heavy atom. The van der Waals surface area contributed by atoms with Crippen LogP contribution in [0.4, 0.5) is 0 Å². The molecule has 0 fully saturated rings. The van der Waals surface area contributed by atoms with Gasteiger partial charge in [-0.25, -0.2) is 0 Å². The summed E-state index contributed by atoms with van der Waals surface area (Å²) in [5, 5.41) is 17.0. The summed E-state index contributed by atoms with van der Waals surface area (Å²) in [5.74, 6) is 0. The van der Waals surface area contributed by atoms with Crippen LogP contribution in [0, 0.1) is 0 Å². The molecule has 0 rings (SSSR count). The minimum Gasteiger partial charge on any atom is -0.396 e. The predicted molar refractivity (Wildman–Crippen MR) is 34.2 cm³/mol. The molecule has 0 aliphatic rings. The maximum absolute atomic E-state index is 8.55. The summed E-state index contributed by atoms with van der Waals surface area (Å²) in [6, 6.07) is 0. The van der Waals surface area contributed by atoms with Gasteiger partial charge in [-0.1, -0.05) is 0 Å². The van der Waals surface area contributed by atoms with Crippen LogP contribution in [-0.2, 0) is 4.74 Å². The lowest BCUT2D eigenvalue weighted by Crippen LogP contribution is -2.18. The molecule has 0 aromatic carbocycles. The van der Waals surface area contributed by atoms with Gasteiger partial charge in [-0.3, -0.25) is 0 Å². The highest BCUT2D eigenvalue weighted by Crippen LogP contribution is 1.94. The maximum atomic E-state index is 8.55. The molecule has 0 saturated heterocycles. The molecule has 0 spiro atoms. The van der Waals surface area contributed by atoms with Gasteiger partial charge in [-0.15, -0.1) is 0 Å². The monoisotopic (exact) mass is 134 g/mol. The van der Waals surface area contributed by atoms with Crippen molar-refractivity contribution in [3.63, 3.8) is 0 Å². The van der Waals surface area contributed by atoms with Crippen LogP contribution in [0.1, 0.15) is 13.3 Å².